The van der Waals surface area contributed by atoms with Crippen LogP contribution in [0.2, 0.25) is 0 Å². The highest BCUT2D eigenvalue weighted by Gasteiger charge is 2.27. The molecule has 0 spiro atoms. The summed E-state index contributed by atoms with van der Waals surface area (Å²) in [5.74, 6) is 0.600. The van der Waals surface area contributed by atoms with Gasteiger partial charge < -0.3 is 9.84 Å². The maximum Gasteiger partial charge on any atom is 0.274 e. The molecule has 0 aliphatic carbocycles. The molecule has 0 atom stereocenters. The van der Waals surface area contributed by atoms with Crippen molar-refractivity contribution in [1.82, 2.24) is 24.4 Å². The zero-order valence-electron chi connectivity index (χ0n) is 16.2. The number of carbonyl (C=O) groups excluding carboxylic acids is 1. The molecule has 152 valence electrons. The molecule has 4 heterocycles. The van der Waals surface area contributed by atoms with Crippen LogP contribution >= 0.6 is 0 Å². The molecule has 4 aromatic rings. The third-order valence-electron chi connectivity index (χ3n) is 5.13. The van der Waals surface area contributed by atoms with Crippen LogP contribution in [-0.2, 0) is 6.54 Å². The molecule has 0 saturated carbocycles. The van der Waals surface area contributed by atoms with Crippen molar-refractivity contribution >= 4 is 17.2 Å². The van der Waals surface area contributed by atoms with E-state index in [-0.39, 0.29) is 5.91 Å². The molecule has 0 radical (unpaired) electrons. The first kappa shape index (κ1) is 18.4. The molecule has 1 aliphatic rings. The average molecular weight is 406 g/mol. The Hall–Kier alpha value is -3.59. The lowest BCUT2D eigenvalue weighted by atomic mass is 10.1. The van der Waals surface area contributed by atoms with E-state index in [1.807, 2.05) is 48.2 Å². The SMILES string of the molecule is Cc1ccc(-c2noc(CN3CC(F)C3)n2)cc1NC(=O)c1cnc2ccccn12. The number of aromatic nitrogens is 4. The Morgan fingerprint density at radius 2 is 2.17 bits per heavy atom. The van der Waals surface area contributed by atoms with Gasteiger partial charge in [-0.1, -0.05) is 23.4 Å². The molecule has 1 aliphatic heterocycles. The van der Waals surface area contributed by atoms with Gasteiger partial charge in [0.05, 0.1) is 12.7 Å². The Bertz CT molecular complexity index is 1230. The first-order valence-corrected chi connectivity index (χ1v) is 9.60. The van der Waals surface area contributed by atoms with Crippen molar-refractivity contribution in [1.29, 1.82) is 0 Å². The quantitative estimate of drug-likeness (QED) is 0.548. The molecular weight excluding hydrogens is 387 g/mol. The summed E-state index contributed by atoms with van der Waals surface area (Å²) < 4.78 is 20.0. The maximum atomic E-state index is 13.0. The number of amides is 1. The summed E-state index contributed by atoms with van der Waals surface area (Å²) in [5, 5.41) is 6.97. The number of alkyl halides is 1. The molecule has 1 N–H and O–H groups in total. The molecule has 30 heavy (non-hydrogen) atoms. The second kappa shape index (κ2) is 7.34. The summed E-state index contributed by atoms with van der Waals surface area (Å²) in [6, 6.07) is 11.1. The number of hydrogen-bond donors (Lipinski definition) is 1. The maximum absolute atomic E-state index is 13.0. The highest BCUT2D eigenvalue weighted by molar-refractivity contribution is 6.04. The normalized spacial score (nSPS) is 14.7. The van der Waals surface area contributed by atoms with E-state index in [4.69, 9.17) is 4.52 Å². The zero-order chi connectivity index (χ0) is 20.7. The first-order chi connectivity index (χ1) is 14.6. The number of carbonyl (C=O) groups is 1. The molecule has 1 amide bonds. The number of likely N-dealkylation sites (tertiary alicyclic amines) is 1. The second-order valence-electron chi connectivity index (χ2n) is 7.36. The van der Waals surface area contributed by atoms with E-state index in [2.05, 4.69) is 20.4 Å². The van der Waals surface area contributed by atoms with Crippen molar-refractivity contribution in [2.75, 3.05) is 18.4 Å². The zero-order valence-corrected chi connectivity index (χ0v) is 16.2. The minimum Gasteiger partial charge on any atom is -0.338 e. The Morgan fingerprint density at radius 3 is 3.00 bits per heavy atom. The number of nitrogens with zero attached hydrogens (tertiary/aromatic N) is 5. The molecule has 3 aromatic heterocycles. The molecule has 8 nitrogen and oxygen atoms in total. The third kappa shape index (κ3) is 3.43. The van der Waals surface area contributed by atoms with Gasteiger partial charge in [0, 0.05) is 30.5 Å². The van der Waals surface area contributed by atoms with E-state index in [1.165, 1.54) is 0 Å². The predicted octanol–water partition coefficient (Wildman–Crippen LogP) is 3.10. The molecule has 5 rings (SSSR count). The smallest absolute Gasteiger partial charge is 0.274 e. The van der Waals surface area contributed by atoms with E-state index in [1.54, 1.807) is 16.8 Å². The molecule has 9 heteroatoms. The minimum absolute atomic E-state index is 0.263. The van der Waals surface area contributed by atoms with Crippen LogP contribution in [-0.4, -0.2) is 49.6 Å². The van der Waals surface area contributed by atoms with Gasteiger partial charge in [-0.15, -0.1) is 0 Å². The number of benzene rings is 1. The summed E-state index contributed by atoms with van der Waals surface area (Å²) in [6.45, 7) is 3.12. The van der Waals surface area contributed by atoms with Crippen molar-refractivity contribution in [3.63, 3.8) is 0 Å². The Morgan fingerprint density at radius 1 is 1.30 bits per heavy atom. The average Bonchev–Trinajstić information content (AvgIpc) is 3.35. The van der Waals surface area contributed by atoms with Crippen LogP contribution < -0.4 is 5.32 Å². The molecule has 0 unspecified atom stereocenters. The monoisotopic (exact) mass is 406 g/mol. The second-order valence-corrected chi connectivity index (χ2v) is 7.36. The number of rotatable bonds is 5. The fourth-order valence-corrected chi connectivity index (χ4v) is 3.45. The number of fused-ring (bicyclic) bond motifs is 1. The van der Waals surface area contributed by atoms with Crippen LogP contribution in [0.4, 0.5) is 10.1 Å². The van der Waals surface area contributed by atoms with E-state index in [9.17, 15) is 9.18 Å². The summed E-state index contributed by atoms with van der Waals surface area (Å²) in [7, 11) is 0. The van der Waals surface area contributed by atoms with Gasteiger partial charge in [0.1, 0.15) is 17.5 Å². The number of hydrogen-bond acceptors (Lipinski definition) is 6. The van der Waals surface area contributed by atoms with E-state index < -0.39 is 6.17 Å². The van der Waals surface area contributed by atoms with Gasteiger partial charge in [-0.05, 0) is 30.7 Å². The van der Waals surface area contributed by atoms with Gasteiger partial charge in [-0.25, -0.2) is 9.37 Å². The molecule has 1 fully saturated rings. The predicted molar refractivity (Wildman–Crippen MR) is 108 cm³/mol. The van der Waals surface area contributed by atoms with Crippen LogP contribution in [0.3, 0.4) is 0 Å². The van der Waals surface area contributed by atoms with Gasteiger partial charge in [0.2, 0.25) is 11.7 Å². The van der Waals surface area contributed by atoms with Crippen LogP contribution in [0.25, 0.3) is 17.0 Å². The van der Waals surface area contributed by atoms with Crippen molar-refractivity contribution in [2.24, 2.45) is 0 Å². The minimum atomic E-state index is -0.774. The van der Waals surface area contributed by atoms with E-state index >= 15 is 0 Å². The summed E-state index contributed by atoms with van der Waals surface area (Å²) in [6.07, 6.45) is 2.57. The highest BCUT2D eigenvalue weighted by Crippen LogP contribution is 2.25. The van der Waals surface area contributed by atoms with Crippen molar-refractivity contribution in [3.05, 3.63) is 65.9 Å². The first-order valence-electron chi connectivity index (χ1n) is 9.60. The Labute approximate surface area is 171 Å². The van der Waals surface area contributed by atoms with Gasteiger partial charge in [0.15, 0.2) is 0 Å². The molecule has 0 bridgehead atoms. The Kier molecular flexibility index (Phi) is 4.51. The van der Waals surface area contributed by atoms with Crippen LogP contribution in [0, 0.1) is 6.92 Å². The fraction of sp³-hybridized carbons (Fsp3) is 0.238. The van der Waals surface area contributed by atoms with Gasteiger partial charge >= 0.3 is 0 Å². The topological polar surface area (TPSA) is 88.6 Å². The van der Waals surface area contributed by atoms with Crippen molar-refractivity contribution < 1.29 is 13.7 Å². The van der Waals surface area contributed by atoms with Crippen molar-refractivity contribution in [2.45, 2.75) is 19.6 Å². The van der Waals surface area contributed by atoms with Gasteiger partial charge in [0.25, 0.3) is 5.91 Å². The lowest BCUT2D eigenvalue weighted by molar-refractivity contribution is 0.0502. The molecule has 1 saturated heterocycles. The van der Waals surface area contributed by atoms with Crippen LogP contribution in [0.1, 0.15) is 21.9 Å². The largest absolute Gasteiger partial charge is 0.338 e. The van der Waals surface area contributed by atoms with Gasteiger partial charge in [-0.3, -0.25) is 14.1 Å². The Balaban J connectivity index is 1.36. The summed E-state index contributed by atoms with van der Waals surface area (Å²) in [4.78, 5) is 23.4. The summed E-state index contributed by atoms with van der Waals surface area (Å²) >= 11 is 0. The number of nitrogens with one attached hydrogen (secondary N) is 1. The summed E-state index contributed by atoms with van der Waals surface area (Å²) in [5.41, 5.74) is 3.42. The van der Waals surface area contributed by atoms with E-state index in [0.29, 0.717) is 48.4 Å². The number of anilines is 1. The number of imidazole rings is 1. The highest BCUT2D eigenvalue weighted by atomic mass is 19.1. The van der Waals surface area contributed by atoms with Gasteiger partial charge in [-0.2, -0.15) is 4.98 Å². The standard InChI is InChI=1S/C21H19FN6O2/c1-13-5-6-14(20-25-19(30-26-20)12-27-10-15(22)11-27)8-16(13)24-21(29)17-9-23-18-4-2-3-7-28(17)18/h2-9,15H,10-12H2,1H3,(H,24,29). The molecular formula is C21H19FN6O2. The molecule has 1 aromatic carbocycles. The number of pyridine rings is 1. The lowest BCUT2D eigenvalue weighted by Gasteiger charge is -2.32. The fourth-order valence-electron chi connectivity index (χ4n) is 3.45. The number of aryl methyl sites for hydroxylation is 1. The van der Waals surface area contributed by atoms with E-state index in [0.717, 1.165) is 11.1 Å². The lowest BCUT2D eigenvalue weighted by Crippen LogP contribution is -2.47. The van der Waals surface area contributed by atoms with Crippen LogP contribution in [0.5, 0.6) is 0 Å². The number of halogens is 1. The van der Waals surface area contributed by atoms with Crippen LogP contribution in [0.15, 0.2) is 53.3 Å². The third-order valence-corrected chi connectivity index (χ3v) is 5.13. The van der Waals surface area contributed by atoms with Crippen molar-refractivity contribution in [3.8, 4) is 11.4 Å².